The number of ether oxygens (including phenoxy) is 1. The van der Waals surface area contributed by atoms with Crippen LogP contribution in [0.2, 0.25) is 0 Å². The maximum atomic E-state index is 12.9. The van der Waals surface area contributed by atoms with Crippen molar-refractivity contribution in [1.29, 1.82) is 0 Å². The second-order valence-corrected chi connectivity index (χ2v) is 7.20. The van der Waals surface area contributed by atoms with Crippen molar-refractivity contribution in [2.45, 2.75) is 25.9 Å². The molecular formula is C17H18N2O5S. The van der Waals surface area contributed by atoms with E-state index in [2.05, 4.69) is 0 Å². The number of esters is 1. The summed E-state index contributed by atoms with van der Waals surface area (Å²) < 4.78 is 6.13. The average molecular weight is 362 g/mol. The first-order valence-electron chi connectivity index (χ1n) is 7.89. The first-order valence-corrected chi connectivity index (χ1v) is 8.83. The quantitative estimate of drug-likeness (QED) is 0.457. The number of imide groups is 1. The third-order valence-electron chi connectivity index (χ3n) is 4.34. The highest BCUT2D eigenvalue weighted by Crippen LogP contribution is 2.34. The third-order valence-corrected chi connectivity index (χ3v) is 5.49. The fourth-order valence-electron chi connectivity index (χ4n) is 3.09. The van der Waals surface area contributed by atoms with Gasteiger partial charge in [-0.3, -0.25) is 23.6 Å². The normalized spacial score (nSPS) is 21.1. The first-order chi connectivity index (χ1) is 11.9. The van der Waals surface area contributed by atoms with E-state index in [0.717, 1.165) is 16.8 Å². The van der Waals surface area contributed by atoms with E-state index in [0.29, 0.717) is 11.1 Å². The van der Waals surface area contributed by atoms with Crippen LogP contribution in [0.4, 0.5) is 0 Å². The molecule has 0 N–H and O–H groups in total. The van der Waals surface area contributed by atoms with Crippen molar-refractivity contribution in [2.75, 3.05) is 12.9 Å². The van der Waals surface area contributed by atoms with Gasteiger partial charge in [-0.1, -0.05) is 26.0 Å². The van der Waals surface area contributed by atoms with Crippen LogP contribution in [-0.2, 0) is 14.3 Å². The lowest BCUT2D eigenvalue weighted by atomic mass is 10.0. The van der Waals surface area contributed by atoms with E-state index in [1.54, 1.807) is 24.3 Å². The van der Waals surface area contributed by atoms with Crippen LogP contribution < -0.4 is 0 Å². The predicted octanol–water partition coefficient (Wildman–Crippen LogP) is 1.34. The van der Waals surface area contributed by atoms with Gasteiger partial charge in [0.15, 0.2) is 0 Å². The summed E-state index contributed by atoms with van der Waals surface area (Å²) in [5, 5.41) is 0. The van der Waals surface area contributed by atoms with E-state index in [-0.39, 0.29) is 11.7 Å². The molecule has 7 nitrogen and oxygen atoms in total. The average Bonchev–Trinajstić information content (AvgIpc) is 3.07. The van der Waals surface area contributed by atoms with Gasteiger partial charge in [-0.05, 0) is 30.0 Å². The fourth-order valence-corrected chi connectivity index (χ4v) is 4.42. The van der Waals surface area contributed by atoms with Crippen LogP contribution in [0.1, 0.15) is 34.6 Å². The van der Waals surface area contributed by atoms with Gasteiger partial charge >= 0.3 is 5.97 Å². The number of fused-ring (bicyclic) bond motifs is 1. The van der Waals surface area contributed by atoms with E-state index < -0.39 is 35.8 Å². The third kappa shape index (κ3) is 2.70. The Balaban J connectivity index is 1.87. The van der Waals surface area contributed by atoms with Crippen LogP contribution in [0.5, 0.6) is 0 Å². The topological polar surface area (TPSA) is 84.0 Å². The van der Waals surface area contributed by atoms with E-state index in [1.807, 2.05) is 13.8 Å². The lowest BCUT2D eigenvalue weighted by Gasteiger charge is -2.28. The second-order valence-electron chi connectivity index (χ2n) is 6.21. The first kappa shape index (κ1) is 17.5. The second kappa shape index (κ2) is 6.51. The maximum Gasteiger partial charge on any atom is 0.329 e. The van der Waals surface area contributed by atoms with Crippen LogP contribution in [0, 0.1) is 5.92 Å². The Kier molecular flexibility index (Phi) is 4.55. The van der Waals surface area contributed by atoms with Gasteiger partial charge in [0.2, 0.25) is 0 Å². The molecule has 0 unspecified atom stereocenters. The monoisotopic (exact) mass is 362 g/mol. The molecule has 0 aliphatic carbocycles. The van der Waals surface area contributed by atoms with Gasteiger partial charge in [0, 0.05) is 5.75 Å². The summed E-state index contributed by atoms with van der Waals surface area (Å²) in [5.74, 6) is -1.82. The number of rotatable bonds is 4. The van der Waals surface area contributed by atoms with E-state index in [4.69, 9.17) is 4.74 Å². The molecule has 2 heterocycles. The molecule has 2 atom stereocenters. The summed E-state index contributed by atoms with van der Waals surface area (Å²) in [6, 6.07) is 4.83. The molecule has 0 saturated carbocycles. The van der Waals surface area contributed by atoms with E-state index >= 15 is 0 Å². The zero-order valence-corrected chi connectivity index (χ0v) is 14.9. The molecule has 8 heteroatoms. The Morgan fingerprint density at radius 3 is 2.20 bits per heavy atom. The highest BCUT2D eigenvalue weighted by molar-refractivity contribution is 7.98. The molecule has 2 aliphatic heterocycles. The molecule has 1 aromatic carbocycles. The molecule has 3 rings (SSSR count). The van der Waals surface area contributed by atoms with Crippen LogP contribution >= 0.6 is 11.9 Å². The molecule has 0 spiro atoms. The number of hydrogen-bond acceptors (Lipinski definition) is 6. The minimum absolute atomic E-state index is 0.162. The standard InChI is InChI=1S/C17H18N2O5S/c1-9(2)13(17(23)24-3)19-16(22)12(8-25-19)18-14(20)10-6-4-5-7-11(10)15(18)21/h4-7,9,12-13H,8H2,1-3H3/t12-,13-/m0/s1. The highest BCUT2D eigenvalue weighted by atomic mass is 32.2. The number of carbonyl (C=O) groups excluding carboxylic acids is 4. The summed E-state index contributed by atoms with van der Waals surface area (Å²) in [7, 11) is 1.27. The number of benzene rings is 1. The largest absolute Gasteiger partial charge is 0.467 e. The Labute approximate surface area is 149 Å². The summed E-state index contributed by atoms with van der Waals surface area (Å²) in [5.41, 5.74) is 0.606. The zero-order valence-electron chi connectivity index (χ0n) is 14.1. The summed E-state index contributed by atoms with van der Waals surface area (Å²) in [4.78, 5) is 51.1. The van der Waals surface area contributed by atoms with Crippen molar-refractivity contribution in [2.24, 2.45) is 5.92 Å². The molecule has 3 amide bonds. The van der Waals surface area contributed by atoms with Gasteiger partial charge in [-0.25, -0.2) is 4.79 Å². The summed E-state index contributed by atoms with van der Waals surface area (Å²) in [6.45, 7) is 3.62. The SMILES string of the molecule is COC(=O)[C@H](C(C)C)N1SC[C@H](N2C(=O)c3ccccc3C2=O)C1=O. The molecule has 1 fully saturated rings. The number of nitrogens with zero attached hydrogens (tertiary/aromatic N) is 2. The molecule has 132 valence electrons. The lowest BCUT2D eigenvalue weighted by molar-refractivity contribution is -0.150. The maximum absolute atomic E-state index is 12.9. The number of hydrogen-bond donors (Lipinski definition) is 0. The van der Waals surface area contributed by atoms with Crippen LogP contribution in [0.25, 0.3) is 0 Å². The Bertz CT molecular complexity index is 728. The predicted molar refractivity (Wildman–Crippen MR) is 90.7 cm³/mol. The van der Waals surface area contributed by atoms with Crippen LogP contribution in [0.3, 0.4) is 0 Å². The number of amides is 3. The van der Waals surface area contributed by atoms with Gasteiger partial charge in [-0.2, -0.15) is 0 Å². The Morgan fingerprint density at radius 2 is 1.72 bits per heavy atom. The van der Waals surface area contributed by atoms with Crippen molar-refractivity contribution in [1.82, 2.24) is 9.21 Å². The fraction of sp³-hybridized carbons (Fsp3) is 0.412. The smallest absolute Gasteiger partial charge is 0.329 e. The van der Waals surface area contributed by atoms with Crippen molar-refractivity contribution in [3.63, 3.8) is 0 Å². The lowest BCUT2D eigenvalue weighted by Crippen LogP contribution is -2.50. The van der Waals surface area contributed by atoms with Crippen LogP contribution in [0.15, 0.2) is 24.3 Å². The van der Waals surface area contributed by atoms with Gasteiger partial charge < -0.3 is 4.74 Å². The van der Waals surface area contributed by atoms with Gasteiger partial charge in [0.1, 0.15) is 12.1 Å². The summed E-state index contributed by atoms with van der Waals surface area (Å²) in [6.07, 6.45) is 0. The highest BCUT2D eigenvalue weighted by Gasteiger charge is 2.50. The van der Waals surface area contributed by atoms with Crippen molar-refractivity contribution < 1.29 is 23.9 Å². The van der Waals surface area contributed by atoms with Gasteiger partial charge in [-0.15, -0.1) is 0 Å². The van der Waals surface area contributed by atoms with Crippen LogP contribution in [-0.4, -0.2) is 57.8 Å². The van der Waals surface area contributed by atoms with E-state index in [1.165, 1.54) is 11.4 Å². The van der Waals surface area contributed by atoms with E-state index in [9.17, 15) is 19.2 Å². The molecule has 0 bridgehead atoms. The minimum Gasteiger partial charge on any atom is -0.467 e. The molecule has 1 saturated heterocycles. The number of methoxy groups -OCH3 is 1. The molecule has 1 aromatic rings. The summed E-state index contributed by atoms with van der Waals surface area (Å²) >= 11 is 1.15. The molecular weight excluding hydrogens is 344 g/mol. The Hall–Kier alpha value is -2.35. The molecule has 0 aromatic heterocycles. The minimum atomic E-state index is -0.914. The molecule has 2 aliphatic rings. The van der Waals surface area contributed by atoms with Gasteiger partial charge in [0.25, 0.3) is 17.7 Å². The molecule has 0 radical (unpaired) electrons. The van der Waals surface area contributed by atoms with Gasteiger partial charge in [0.05, 0.1) is 18.2 Å². The van der Waals surface area contributed by atoms with Crippen molar-refractivity contribution in [3.05, 3.63) is 35.4 Å². The van der Waals surface area contributed by atoms with Crippen molar-refractivity contribution >= 4 is 35.6 Å². The Morgan fingerprint density at radius 1 is 1.16 bits per heavy atom. The zero-order chi connectivity index (χ0) is 18.3. The number of carbonyl (C=O) groups is 4. The van der Waals surface area contributed by atoms with Crippen molar-refractivity contribution in [3.8, 4) is 0 Å². The molecule has 25 heavy (non-hydrogen) atoms.